The lowest BCUT2D eigenvalue weighted by atomic mass is 9.99. The second-order valence-electron chi connectivity index (χ2n) is 9.85. The maximum absolute atomic E-state index is 14.5. The van der Waals surface area contributed by atoms with Gasteiger partial charge in [-0.1, -0.05) is 6.07 Å². The Morgan fingerprint density at radius 3 is 2.68 bits per heavy atom. The summed E-state index contributed by atoms with van der Waals surface area (Å²) in [5.41, 5.74) is 9.04. The molecule has 2 aliphatic heterocycles. The molecule has 224 valence electrons. The van der Waals surface area contributed by atoms with Gasteiger partial charge in [0.1, 0.15) is 29.5 Å². The highest BCUT2D eigenvalue weighted by molar-refractivity contribution is 6.09. The number of halogens is 1. The summed E-state index contributed by atoms with van der Waals surface area (Å²) in [5.74, 6) is 0.846. The minimum Gasteiger partial charge on any atom is -0.490 e. The number of aryl methyl sites for hydroxylation is 1. The zero-order valence-electron chi connectivity index (χ0n) is 23.7. The van der Waals surface area contributed by atoms with Crippen LogP contribution in [0.4, 0.5) is 10.1 Å². The number of nitrogens with one attached hydrogen (secondary N) is 4. The first-order valence-corrected chi connectivity index (χ1v) is 14.1. The fraction of sp³-hybridized carbons (Fsp3) is 0.467. The van der Waals surface area contributed by atoms with E-state index < -0.39 is 0 Å². The SMILES string of the molecule is CO.N=C/C(=C\N)c1cc(CCC(CCNC=O)Oc2cc(F)cc(N3CCNCC3)c2)ccc1O[C@H]1CCNC1. The molecule has 2 atom stereocenters. The Bertz CT molecular complexity index is 1140. The highest BCUT2D eigenvalue weighted by Gasteiger charge is 2.20. The number of benzene rings is 2. The summed E-state index contributed by atoms with van der Waals surface area (Å²) in [7, 11) is 1.00. The molecule has 2 saturated heterocycles. The van der Waals surface area contributed by atoms with Crippen LogP contribution in [0, 0.1) is 11.2 Å². The molecule has 2 aromatic carbocycles. The molecule has 2 aliphatic rings. The number of nitrogens with zero attached hydrogens (tertiary/aromatic N) is 1. The van der Waals surface area contributed by atoms with Gasteiger partial charge < -0.3 is 46.6 Å². The molecular formula is C30H43FN6O4. The van der Waals surface area contributed by atoms with Crippen molar-refractivity contribution < 1.29 is 23.8 Å². The van der Waals surface area contributed by atoms with Crippen molar-refractivity contribution in [2.75, 3.05) is 57.8 Å². The smallest absolute Gasteiger partial charge is 0.207 e. The Balaban J connectivity index is 0.00000226. The Morgan fingerprint density at radius 2 is 2.00 bits per heavy atom. The predicted molar refractivity (Wildman–Crippen MR) is 160 cm³/mol. The zero-order chi connectivity index (χ0) is 29.5. The first-order valence-electron chi connectivity index (χ1n) is 14.1. The fourth-order valence-electron chi connectivity index (χ4n) is 4.99. The summed E-state index contributed by atoms with van der Waals surface area (Å²) in [6, 6.07) is 10.8. The number of allylic oxidation sites excluding steroid dienone is 1. The number of rotatable bonds is 14. The molecule has 1 amide bonds. The maximum Gasteiger partial charge on any atom is 0.207 e. The Hall–Kier alpha value is -3.67. The van der Waals surface area contributed by atoms with Crippen molar-refractivity contribution in [1.82, 2.24) is 16.0 Å². The molecule has 0 saturated carbocycles. The second-order valence-corrected chi connectivity index (χ2v) is 9.85. The number of anilines is 1. The van der Waals surface area contributed by atoms with Crippen LogP contribution in [0.15, 0.2) is 42.6 Å². The van der Waals surface area contributed by atoms with Gasteiger partial charge in [0.25, 0.3) is 0 Å². The number of amides is 1. The molecule has 7 N–H and O–H groups in total. The molecule has 2 aromatic rings. The van der Waals surface area contributed by atoms with Crippen molar-refractivity contribution in [1.29, 1.82) is 5.41 Å². The first-order chi connectivity index (χ1) is 20.1. The molecule has 0 bridgehead atoms. The fourth-order valence-corrected chi connectivity index (χ4v) is 4.99. The Kier molecular flexibility index (Phi) is 13.4. The summed E-state index contributed by atoms with van der Waals surface area (Å²) in [5, 5.41) is 24.1. The van der Waals surface area contributed by atoms with Gasteiger partial charge in [0.05, 0.1) is 0 Å². The third-order valence-electron chi connectivity index (χ3n) is 7.09. The number of carbonyl (C=O) groups excluding carboxylic acids is 1. The van der Waals surface area contributed by atoms with Crippen molar-refractivity contribution in [2.24, 2.45) is 5.73 Å². The third-order valence-corrected chi connectivity index (χ3v) is 7.09. The van der Waals surface area contributed by atoms with Crippen LogP contribution in [0.3, 0.4) is 0 Å². The summed E-state index contributed by atoms with van der Waals surface area (Å²) in [6.07, 6.45) is 6.00. The molecule has 11 heteroatoms. The van der Waals surface area contributed by atoms with Gasteiger partial charge in [-0.15, -0.1) is 0 Å². The summed E-state index contributed by atoms with van der Waals surface area (Å²) < 4.78 is 27.0. The van der Waals surface area contributed by atoms with E-state index in [1.54, 1.807) is 6.07 Å². The largest absolute Gasteiger partial charge is 0.490 e. The average molecular weight is 571 g/mol. The lowest BCUT2D eigenvalue weighted by molar-refractivity contribution is -0.109. The second kappa shape index (κ2) is 17.2. The lowest BCUT2D eigenvalue weighted by Gasteiger charge is -2.30. The molecule has 0 aromatic heterocycles. The molecule has 1 unspecified atom stereocenters. The number of hydrogen-bond donors (Lipinski definition) is 6. The van der Waals surface area contributed by atoms with Gasteiger partial charge in [-0.25, -0.2) is 4.39 Å². The van der Waals surface area contributed by atoms with Crippen molar-refractivity contribution in [3.63, 3.8) is 0 Å². The topological polar surface area (TPSA) is 145 Å². The van der Waals surface area contributed by atoms with Gasteiger partial charge in [-0.05, 0) is 49.6 Å². The molecule has 0 radical (unpaired) electrons. The average Bonchev–Trinajstić information content (AvgIpc) is 3.52. The van der Waals surface area contributed by atoms with Crippen LogP contribution in [0.25, 0.3) is 5.57 Å². The van der Waals surface area contributed by atoms with Crippen LogP contribution in [-0.4, -0.2) is 82.9 Å². The molecular weight excluding hydrogens is 527 g/mol. The number of nitrogens with two attached hydrogens (primary N) is 1. The summed E-state index contributed by atoms with van der Waals surface area (Å²) in [4.78, 5) is 13.0. The van der Waals surface area contributed by atoms with Gasteiger partial charge in [0.15, 0.2) is 0 Å². The lowest BCUT2D eigenvalue weighted by Crippen LogP contribution is -2.43. The summed E-state index contributed by atoms with van der Waals surface area (Å²) in [6.45, 7) is 5.50. The quantitative estimate of drug-likeness (QED) is 0.115. The van der Waals surface area contributed by atoms with Gasteiger partial charge in [-0.3, -0.25) is 4.79 Å². The van der Waals surface area contributed by atoms with Crippen LogP contribution in [-0.2, 0) is 11.2 Å². The van der Waals surface area contributed by atoms with Crippen LogP contribution in [0.2, 0.25) is 0 Å². The van der Waals surface area contributed by atoms with Crippen LogP contribution in [0.1, 0.15) is 30.4 Å². The van der Waals surface area contributed by atoms with Gasteiger partial charge in [-0.2, -0.15) is 0 Å². The van der Waals surface area contributed by atoms with Crippen LogP contribution >= 0.6 is 0 Å². The number of aliphatic hydroxyl groups excluding tert-OH is 1. The monoisotopic (exact) mass is 570 g/mol. The minimum atomic E-state index is -0.337. The van der Waals surface area contributed by atoms with Crippen molar-refractivity contribution in [3.05, 3.63) is 59.5 Å². The number of aliphatic hydroxyl groups is 1. The molecule has 10 nitrogen and oxygen atoms in total. The molecule has 0 spiro atoms. The van der Waals surface area contributed by atoms with Crippen molar-refractivity contribution in [2.45, 2.75) is 37.9 Å². The standard InChI is InChI=1S/C29H39FN6O3.CH4O/c30-23-14-24(36-11-9-33-10-12-36)16-27(15-23)38-25(5-8-35-20-37)3-1-21-2-4-29(39-26-6-7-34-19-26)28(13-21)22(17-31)18-32;1-2/h2,4,13-18,20,25-26,31,33-34H,1,3,5-12,19,32H2,(H,35,37);2H,1H3/b22-18+,31-17?;/t25?,26-;/m0./s1. The van der Waals surface area contributed by atoms with E-state index in [9.17, 15) is 9.18 Å². The van der Waals surface area contributed by atoms with Crippen LogP contribution < -0.4 is 36.1 Å². The predicted octanol–water partition coefficient (Wildman–Crippen LogP) is 2.05. The van der Waals surface area contributed by atoms with Gasteiger partial charge in [0.2, 0.25) is 6.41 Å². The molecule has 41 heavy (non-hydrogen) atoms. The van der Waals surface area contributed by atoms with E-state index in [-0.39, 0.29) is 18.0 Å². The molecule has 2 fully saturated rings. The van der Waals surface area contributed by atoms with Gasteiger partial charge >= 0.3 is 0 Å². The molecule has 0 aliphatic carbocycles. The zero-order valence-corrected chi connectivity index (χ0v) is 23.7. The van der Waals surface area contributed by atoms with Gasteiger partial charge in [0, 0.05) is 94.2 Å². The summed E-state index contributed by atoms with van der Waals surface area (Å²) >= 11 is 0. The molecule has 2 heterocycles. The van der Waals surface area contributed by atoms with E-state index in [4.69, 9.17) is 25.7 Å². The number of hydrogen-bond acceptors (Lipinski definition) is 9. The highest BCUT2D eigenvalue weighted by Crippen LogP contribution is 2.30. The van der Waals surface area contributed by atoms with Crippen LogP contribution in [0.5, 0.6) is 11.5 Å². The third kappa shape index (κ3) is 9.73. The number of carbonyl (C=O) groups is 1. The first kappa shape index (κ1) is 31.9. The van der Waals surface area contributed by atoms with E-state index in [0.717, 1.165) is 69.6 Å². The van der Waals surface area contributed by atoms with E-state index in [1.807, 2.05) is 24.3 Å². The number of piperazine rings is 1. The minimum absolute atomic E-state index is 0.0832. The van der Waals surface area contributed by atoms with E-state index in [2.05, 4.69) is 20.9 Å². The Labute approximate surface area is 241 Å². The Morgan fingerprint density at radius 1 is 1.20 bits per heavy atom. The highest BCUT2D eigenvalue weighted by atomic mass is 19.1. The maximum atomic E-state index is 14.5. The normalized spacial score (nSPS) is 17.7. The number of ether oxygens (including phenoxy) is 2. The van der Waals surface area contributed by atoms with Crippen molar-refractivity contribution in [3.8, 4) is 11.5 Å². The van der Waals surface area contributed by atoms with E-state index in [0.29, 0.717) is 49.3 Å². The van der Waals surface area contributed by atoms with E-state index >= 15 is 0 Å². The van der Waals surface area contributed by atoms with E-state index in [1.165, 1.54) is 18.5 Å². The van der Waals surface area contributed by atoms with Crippen molar-refractivity contribution >= 4 is 23.9 Å². The molecule has 4 rings (SSSR count).